The van der Waals surface area contributed by atoms with Gasteiger partial charge in [0.25, 0.3) is 0 Å². The average molecular weight is 425 g/mol. The monoisotopic (exact) mass is 424 g/mol. The Bertz CT molecular complexity index is 676. The van der Waals surface area contributed by atoms with E-state index < -0.39 is 42.2 Å². The highest BCUT2D eigenvalue weighted by atomic mass is 16.5. The molecule has 0 aliphatic heterocycles. The third-order valence-corrected chi connectivity index (χ3v) is 6.03. The number of carboxylic acid groups (broad SMARTS) is 1. The molecule has 30 heavy (non-hydrogen) atoms. The van der Waals surface area contributed by atoms with Crippen molar-refractivity contribution in [2.24, 2.45) is 23.2 Å². The predicted molar refractivity (Wildman–Crippen MR) is 111 cm³/mol. The van der Waals surface area contributed by atoms with E-state index in [1.165, 1.54) is 0 Å². The molecule has 0 spiro atoms. The zero-order valence-electron chi connectivity index (χ0n) is 18.3. The smallest absolute Gasteiger partial charge is 0.311 e. The van der Waals surface area contributed by atoms with E-state index in [4.69, 9.17) is 9.84 Å². The first-order chi connectivity index (χ1) is 13.9. The number of aliphatic hydroxyl groups excluding tert-OH is 3. The van der Waals surface area contributed by atoms with Crippen LogP contribution in [0.25, 0.3) is 0 Å². The van der Waals surface area contributed by atoms with Crippen LogP contribution in [0.5, 0.6) is 0 Å². The molecule has 170 valence electrons. The van der Waals surface area contributed by atoms with Crippen molar-refractivity contribution in [3.8, 4) is 0 Å². The second-order valence-corrected chi connectivity index (χ2v) is 9.79. The van der Waals surface area contributed by atoms with Crippen LogP contribution in [0.3, 0.4) is 0 Å². The van der Waals surface area contributed by atoms with Crippen molar-refractivity contribution in [1.29, 1.82) is 0 Å². The molecule has 0 fully saturated rings. The van der Waals surface area contributed by atoms with Gasteiger partial charge in [-0.15, -0.1) is 0 Å². The Morgan fingerprint density at radius 1 is 1.23 bits per heavy atom. The fourth-order valence-electron chi connectivity index (χ4n) is 4.40. The largest absolute Gasteiger partial charge is 0.481 e. The molecule has 0 heterocycles. The summed E-state index contributed by atoms with van der Waals surface area (Å²) in [7, 11) is 0. The van der Waals surface area contributed by atoms with Gasteiger partial charge in [0, 0.05) is 12.3 Å². The Hall–Kier alpha value is -1.70. The molecule has 2 rings (SSSR count). The van der Waals surface area contributed by atoms with Crippen LogP contribution in [0.4, 0.5) is 0 Å². The number of hydrogen-bond donors (Lipinski definition) is 4. The fourth-order valence-corrected chi connectivity index (χ4v) is 4.40. The van der Waals surface area contributed by atoms with Crippen molar-refractivity contribution >= 4 is 11.9 Å². The van der Waals surface area contributed by atoms with Crippen LogP contribution >= 0.6 is 0 Å². The lowest BCUT2D eigenvalue weighted by Gasteiger charge is -2.43. The summed E-state index contributed by atoms with van der Waals surface area (Å²) in [5.74, 6) is -1.19. The maximum absolute atomic E-state index is 12.5. The first-order valence-corrected chi connectivity index (χ1v) is 10.8. The second-order valence-electron chi connectivity index (χ2n) is 9.79. The van der Waals surface area contributed by atoms with E-state index >= 15 is 0 Å². The Balaban J connectivity index is 2.11. The SMILES string of the molecule is C[C@@H]1C=CC2=C[C@@H](O)C[C@H](OC(=O)C(C)(C)C)[C@@H]2[C@H]1CC[C@@H](O)C[C@@H](O)CC(=O)O. The van der Waals surface area contributed by atoms with E-state index in [2.05, 4.69) is 13.0 Å². The topological polar surface area (TPSA) is 124 Å². The van der Waals surface area contributed by atoms with Crippen LogP contribution in [0.2, 0.25) is 0 Å². The van der Waals surface area contributed by atoms with Gasteiger partial charge in [0.1, 0.15) is 6.10 Å². The van der Waals surface area contributed by atoms with Crippen LogP contribution in [0, 0.1) is 23.2 Å². The lowest BCUT2D eigenvalue weighted by molar-refractivity contribution is -0.164. The molecule has 0 aromatic rings. The van der Waals surface area contributed by atoms with Crippen molar-refractivity contribution in [2.75, 3.05) is 0 Å². The highest BCUT2D eigenvalue weighted by Crippen LogP contribution is 2.44. The van der Waals surface area contributed by atoms with E-state index in [1.807, 2.05) is 12.2 Å². The number of hydrogen-bond acceptors (Lipinski definition) is 6. The van der Waals surface area contributed by atoms with E-state index in [1.54, 1.807) is 20.8 Å². The van der Waals surface area contributed by atoms with Gasteiger partial charge in [-0.1, -0.05) is 25.2 Å². The van der Waals surface area contributed by atoms with Gasteiger partial charge in [0.15, 0.2) is 0 Å². The van der Waals surface area contributed by atoms with Gasteiger partial charge in [0.2, 0.25) is 0 Å². The minimum Gasteiger partial charge on any atom is -0.481 e. The van der Waals surface area contributed by atoms with Crippen LogP contribution in [-0.2, 0) is 14.3 Å². The fraction of sp³-hybridized carbons (Fsp3) is 0.739. The number of ether oxygens (including phenoxy) is 1. The number of allylic oxidation sites excluding steroid dienone is 2. The van der Waals surface area contributed by atoms with E-state index in [9.17, 15) is 24.9 Å². The van der Waals surface area contributed by atoms with Gasteiger partial charge in [-0.25, -0.2) is 0 Å². The number of esters is 1. The van der Waals surface area contributed by atoms with Gasteiger partial charge in [-0.2, -0.15) is 0 Å². The Morgan fingerprint density at radius 2 is 1.90 bits per heavy atom. The van der Waals surface area contributed by atoms with Crippen LogP contribution in [-0.4, -0.2) is 56.8 Å². The van der Waals surface area contributed by atoms with E-state index in [-0.39, 0.29) is 30.1 Å². The van der Waals surface area contributed by atoms with Crippen molar-refractivity contribution in [3.05, 3.63) is 23.8 Å². The standard InChI is InChI=1S/C23H36O7/c1-13-5-6-14-9-16(25)11-19(30-22(29)23(2,3)4)21(14)18(13)8-7-15(24)10-17(26)12-20(27)28/h5-6,9,13,15-19,21,24-26H,7-8,10-12H2,1-4H3,(H,27,28)/t13-,15-,16-,17-,18+,19+,21+/m1/s1. The summed E-state index contributed by atoms with van der Waals surface area (Å²) in [6.07, 6.45) is 3.86. The molecular weight excluding hydrogens is 388 g/mol. The van der Waals surface area contributed by atoms with Crippen molar-refractivity contribution in [3.63, 3.8) is 0 Å². The maximum atomic E-state index is 12.5. The quantitative estimate of drug-likeness (QED) is 0.441. The summed E-state index contributed by atoms with van der Waals surface area (Å²) in [4.78, 5) is 23.2. The van der Waals surface area contributed by atoms with Gasteiger partial charge in [-0.3, -0.25) is 9.59 Å². The molecule has 7 nitrogen and oxygen atoms in total. The van der Waals surface area contributed by atoms with Crippen LogP contribution in [0.15, 0.2) is 23.8 Å². The van der Waals surface area contributed by atoms with Crippen molar-refractivity contribution in [1.82, 2.24) is 0 Å². The molecule has 7 atom stereocenters. The lowest BCUT2D eigenvalue weighted by atomic mass is 9.66. The molecule has 2 aliphatic carbocycles. The van der Waals surface area contributed by atoms with E-state index in [0.717, 1.165) is 5.57 Å². The second kappa shape index (κ2) is 10.1. The minimum absolute atomic E-state index is 0.0117. The first kappa shape index (κ1) is 24.6. The molecule has 0 saturated carbocycles. The highest BCUT2D eigenvalue weighted by molar-refractivity contribution is 5.75. The molecule has 0 saturated heterocycles. The number of rotatable bonds is 8. The van der Waals surface area contributed by atoms with Gasteiger partial charge < -0.3 is 25.2 Å². The molecule has 0 unspecified atom stereocenters. The third-order valence-electron chi connectivity index (χ3n) is 6.03. The molecule has 7 heteroatoms. The predicted octanol–water partition coefficient (Wildman–Crippen LogP) is 2.44. The Labute approximate surface area is 178 Å². The Kier molecular flexibility index (Phi) is 8.25. The average Bonchev–Trinajstić information content (AvgIpc) is 2.59. The lowest BCUT2D eigenvalue weighted by Crippen LogP contribution is -2.44. The van der Waals surface area contributed by atoms with Crippen molar-refractivity contribution in [2.45, 2.75) is 84.2 Å². The number of fused-ring (bicyclic) bond motifs is 1. The summed E-state index contributed by atoms with van der Waals surface area (Å²) in [5, 5.41) is 39.1. The number of aliphatic carboxylic acids is 1. The molecule has 0 aromatic heterocycles. The molecule has 0 bridgehead atoms. The highest BCUT2D eigenvalue weighted by Gasteiger charge is 2.42. The minimum atomic E-state index is -1.10. The van der Waals surface area contributed by atoms with Crippen LogP contribution in [0.1, 0.15) is 59.8 Å². The van der Waals surface area contributed by atoms with Crippen LogP contribution < -0.4 is 0 Å². The summed E-state index contributed by atoms with van der Waals surface area (Å²) < 4.78 is 5.85. The number of carbonyl (C=O) groups excluding carboxylic acids is 1. The van der Waals surface area contributed by atoms with Gasteiger partial charge in [0.05, 0.1) is 30.1 Å². The van der Waals surface area contributed by atoms with Gasteiger partial charge in [-0.05, 0) is 57.4 Å². The third kappa shape index (κ3) is 6.65. The molecule has 0 aromatic carbocycles. The van der Waals surface area contributed by atoms with E-state index in [0.29, 0.717) is 19.3 Å². The first-order valence-electron chi connectivity index (χ1n) is 10.8. The number of aliphatic hydroxyl groups is 3. The molecule has 2 aliphatic rings. The summed E-state index contributed by atoms with van der Waals surface area (Å²) in [6, 6.07) is 0. The normalized spacial score (nSPS) is 30.8. The summed E-state index contributed by atoms with van der Waals surface area (Å²) in [6.45, 7) is 7.47. The van der Waals surface area contributed by atoms with Crippen molar-refractivity contribution < 1.29 is 34.8 Å². The number of carbonyl (C=O) groups is 2. The zero-order valence-corrected chi connectivity index (χ0v) is 18.3. The van der Waals surface area contributed by atoms with Gasteiger partial charge >= 0.3 is 11.9 Å². The molecule has 4 N–H and O–H groups in total. The summed E-state index contributed by atoms with van der Waals surface area (Å²) >= 11 is 0. The Morgan fingerprint density at radius 3 is 2.50 bits per heavy atom. The molecular formula is C23H36O7. The molecule has 0 radical (unpaired) electrons. The molecule has 0 amide bonds. The summed E-state index contributed by atoms with van der Waals surface area (Å²) in [5.41, 5.74) is 0.304. The maximum Gasteiger partial charge on any atom is 0.311 e. The number of carboxylic acids is 1. The zero-order chi connectivity index (χ0) is 22.6.